The Bertz CT molecular complexity index is 1410. The zero-order valence-electron chi connectivity index (χ0n) is 18.5. The number of amides is 1. The van der Waals surface area contributed by atoms with E-state index < -0.39 is 10.0 Å². The normalized spacial score (nSPS) is 11.2. The van der Waals surface area contributed by atoms with Crippen molar-refractivity contribution in [2.75, 3.05) is 10.0 Å². The lowest BCUT2D eigenvalue weighted by atomic mass is 9.92. The van der Waals surface area contributed by atoms with E-state index in [0.717, 1.165) is 33.5 Å². The Kier molecular flexibility index (Phi) is 6.35. The van der Waals surface area contributed by atoms with E-state index in [0.29, 0.717) is 4.88 Å². The molecule has 0 saturated heterocycles. The molecule has 4 aromatic rings. The number of hydrogen-bond acceptors (Lipinski definition) is 4. The van der Waals surface area contributed by atoms with Crippen LogP contribution in [-0.2, 0) is 10.0 Å². The maximum Gasteiger partial charge on any atom is 0.267 e. The van der Waals surface area contributed by atoms with Crippen molar-refractivity contribution in [1.29, 1.82) is 0 Å². The first-order chi connectivity index (χ1) is 15.8. The fourth-order valence-electron chi connectivity index (χ4n) is 3.97. The van der Waals surface area contributed by atoms with Crippen LogP contribution in [0.2, 0.25) is 0 Å². The van der Waals surface area contributed by atoms with Gasteiger partial charge in [-0.05, 0) is 72.2 Å². The molecule has 0 radical (unpaired) electrons. The maximum atomic E-state index is 13.2. The number of anilines is 2. The number of benzene rings is 3. The molecular weight excluding hydrogens is 452 g/mol. The van der Waals surface area contributed by atoms with Crippen molar-refractivity contribution in [3.05, 3.63) is 99.7 Å². The molecule has 0 aliphatic heterocycles. The minimum atomic E-state index is -3.80. The lowest BCUT2D eigenvalue weighted by Gasteiger charge is -2.18. The summed E-state index contributed by atoms with van der Waals surface area (Å²) >= 11 is 1.19. The van der Waals surface area contributed by atoms with Gasteiger partial charge in [0.1, 0.15) is 4.88 Å². The fourth-order valence-corrected chi connectivity index (χ4v) is 5.87. The van der Waals surface area contributed by atoms with Crippen LogP contribution in [0.1, 0.15) is 26.4 Å². The molecule has 1 amide bonds. The van der Waals surface area contributed by atoms with Gasteiger partial charge in [0, 0.05) is 5.69 Å². The van der Waals surface area contributed by atoms with Crippen molar-refractivity contribution in [1.82, 2.24) is 0 Å². The summed E-state index contributed by atoms with van der Waals surface area (Å²) in [6, 6.07) is 21.8. The minimum absolute atomic E-state index is 0.139. The van der Waals surface area contributed by atoms with Gasteiger partial charge < -0.3 is 5.32 Å². The number of aryl methyl sites for hydroxylation is 2. The minimum Gasteiger partial charge on any atom is -0.321 e. The summed E-state index contributed by atoms with van der Waals surface area (Å²) in [5, 5.41) is 4.72. The Hall–Kier alpha value is -3.42. The second-order valence-corrected chi connectivity index (χ2v) is 10.4. The summed E-state index contributed by atoms with van der Waals surface area (Å²) < 4.78 is 28.0. The summed E-state index contributed by atoms with van der Waals surface area (Å²) in [4.78, 5) is 13.7. The Morgan fingerprint density at radius 2 is 1.48 bits per heavy atom. The molecule has 33 heavy (non-hydrogen) atoms. The molecule has 2 N–H and O–H groups in total. The van der Waals surface area contributed by atoms with Crippen molar-refractivity contribution in [3.63, 3.8) is 0 Å². The van der Waals surface area contributed by atoms with Gasteiger partial charge in [-0.25, -0.2) is 8.42 Å². The van der Waals surface area contributed by atoms with Gasteiger partial charge in [-0.2, -0.15) is 0 Å². The highest BCUT2D eigenvalue weighted by atomic mass is 32.2. The van der Waals surface area contributed by atoms with Crippen LogP contribution in [-0.4, -0.2) is 14.3 Å². The zero-order valence-corrected chi connectivity index (χ0v) is 20.2. The Balaban J connectivity index is 1.65. The molecule has 0 atom stereocenters. The number of hydrogen-bond donors (Lipinski definition) is 2. The fraction of sp³-hybridized carbons (Fsp3) is 0.115. The predicted octanol–water partition coefficient (Wildman–Crippen LogP) is 6.39. The summed E-state index contributed by atoms with van der Waals surface area (Å²) in [6.07, 6.45) is 0. The molecule has 1 aromatic heterocycles. The summed E-state index contributed by atoms with van der Waals surface area (Å²) in [7, 11) is -3.80. The monoisotopic (exact) mass is 476 g/mol. The van der Waals surface area contributed by atoms with E-state index in [9.17, 15) is 13.2 Å². The van der Waals surface area contributed by atoms with Crippen LogP contribution in [0.4, 0.5) is 11.4 Å². The van der Waals surface area contributed by atoms with Crippen molar-refractivity contribution in [3.8, 4) is 11.1 Å². The molecule has 168 valence electrons. The van der Waals surface area contributed by atoms with Crippen LogP contribution in [0.15, 0.2) is 83.1 Å². The highest BCUT2D eigenvalue weighted by molar-refractivity contribution is 7.92. The molecule has 0 spiro atoms. The number of rotatable bonds is 6. The van der Waals surface area contributed by atoms with Crippen LogP contribution in [0, 0.1) is 20.8 Å². The largest absolute Gasteiger partial charge is 0.321 e. The number of nitrogens with one attached hydrogen (secondary N) is 2. The average molecular weight is 477 g/mol. The standard InChI is InChI=1S/C26H24N2O3S2/c1-17-16-18(2)24(19(3)23(17)20-10-6-4-7-11-20)27-26(29)25-22(14-15-32-25)28-33(30,31)21-12-8-5-9-13-21/h4-16,28H,1-3H3,(H,27,29). The molecule has 7 heteroatoms. The number of sulfonamides is 1. The van der Waals surface area contributed by atoms with Gasteiger partial charge in [0.05, 0.1) is 10.6 Å². The topological polar surface area (TPSA) is 75.3 Å². The molecule has 0 unspecified atom stereocenters. The third-order valence-electron chi connectivity index (χ3n) is 5.44. The van der Waals surface area contributed by atoms with Crippen molar-refractivity contribution in [2.45, 2.75) is 25.7 Å². The maximum absolute atomic E-state index is 13.2. The van der Waals surface area contributed by atoms with E-state index in [4.69, 9.17) is 0 Å². The zero-order chi connectivity index (χ0) is 23.6. The highest BCUT2D eigenvalue weighted by Gasteiger charge is 2.22. The Morgan fingerprint density at radius 3 is 2.15 bits per heavy atom. The van der Waals surface area contributed by atoms with Gasteiger partial charge in [-0.1, -0.05) is 54.6 Å². The number of carbonyl (C=O) groups is 1. The van der Waals surface area contributed by atoms with Crippen LogP contribution < -0.4 is 10.0 Å². The lowest BCUT2D eigenvalue weighted by Crippen LogP contribution is -2.18. The van der Waals surface area contributed by atoms with E-state index >= 15 is 0 Å². The summed E-state index contributed by atoms with van der Waals surface area (Å²) in [5.74, 6) is -0.357. The van der Waals surface area contributed by atoms with Crippen LogP contribution in [0.5, 0.6) is 0 Å². The van der Waals surface area contributed by atoms with Gasteiger partial charge in [0.2, 0.25) is 0 Å². The Morgan fingerprint density at radius 1 is 0.848 bits per heavy atom. The molecule has 1 heterocycles. The molecule has 0 aliphatic rings. The second-order valence-electron chi connectivity index (χ2n) is 7.79. The molecule has 0 fully saturated rings. The second kappa shape index (κ2) is 9.21. The van der Waals surface area contributed by atoms with Gasteiger partial charge in [-0.15, -0.1) is 11.3 Å². The number of thiophene rings is 1. The average Bonchev–Trinajstić information content (AvgIpc) is 3.25. The molecule has 0 bridgehead atoms. The summed E-state index contributed by atoms with van der Waals surface area (Å²) in [5.41, 5.74) is 6.18. The van der Waals surface area contributed by atoms with Gasteiger partial charge in [0.15, 0.2) is 0 Å². The third kappa shape index (κ3) is 4.69. The van der Waals surface area contributed by atoms with Crippen LogP contribution in [0.25, 0.3) is 11.1 Å². The smallest absolute Gasteiger partial charge is 0.267 e. The van der Waals surface area contributed by atoms with E-state index in [1.165, 1.54) is 23.5 Å². The first kappa shape index (κ1) is 22.8. The van der Waals surface area contributed by atoms with Crippen molar-refractivity contribution >= 4 is 38.6 Å². The molecule has 3 aromatic carbocycles. The van der Waals surface area contributed by atoms with Crippen LogP contribution in [0.3, 0.4) is 0 Å². The lowest BCUT2D eigenvalue weighted by molar-refractivity contribution is 0.103. The Labute approximate surface area is 198 Å². The first-order valence-electron chi connectivity index (χ1n) is 10.4. The van der Waals surface area contributed by atoms with Crippen molar-refractivity contribution < 1.29 is 13.2 Å². The molecule has 4 rings (SSSR count). The van der Waals surface area contributed by atoms with E-state index in [-0.39, 0.29) is 16.5 Å². The van der Waals surface area contributed by atoms with Gasteiger partial charge >= 0.3 is 0 Å². The quantitative estimate of drug-likeness (QED) is 0.338. The summed E-state index contributed by atoms with van der Waals surface area (Å²) in [6.45, 7) is 6.01. The van der Waals surface area contributed by atoms with E-state index in [2.05, 4.69) is 23.0 Å². The van der Waals surface area contributed by atoms with Gasteiger partial charge in [0.25, 0.3) is 15.9 Å². The van der Waals surface area contributed by atoms with Crippen molar-refractivity contribution in [2.24, 2.45) is 0 Å². The molecule has 0 saturated carbocycles. The first-order valence-corrected chi connectivity index (χ1v) is 12.8. The molecular formula is C26H24N2O3S2. The predicted molar refractivity (Wildman–Crippen MR) is 136 cm³/mol. The molecule has 0 aliphatic carbocycles. The SMILES string of the molecule is Cc1cc(C)c(-c2ccccc2)c(C)c1NC(=O)c1sccc1NS(=O)(=O)c1ccccc1. The number of carbonyl (C=O) groups excluding carboxylic acids is 1. The van der Waals surface area contributed by atoms with Crippen LogP contribution >= 0.6 is 11.3 Å². The van der Waals surface area contributed by atoms with Gasteiger partial charge in [-0.3, -0.25) is 9.52 Å². The molecule has 5 nitrogen and oxygen atoms in total. The van der Waals surface area contributed by atoms with E-state index in [1.807, 2.05) is 44.2 Å². The highest BCUT2D eigenvalue weighted by Crippen LogP contribution is 2.35. The third-order valence-corrected chi connectivity index (χ3v) is 7.74. The van der Waals surface area contributed by atoms with E-state index in [1.54, 1.807) is 29.6 Å².